The Morgan fingerprint density at radius 2 is 1.20 bits per heavy atom. The van der Waals surface area contributed by atoms with Crippen molar-refractivity contribution in [2.75, 3.05) is 36.8 Å². The lowest BCUT2D eigenvalue weighted by atomic mass is 9.96. The van der Waals surface area contributed by atoms with Crippen LogP contribution >= 0.6 is 0 Å². The zero-order valence-electron chi connectivity index (χ0n) is 29.3. The van der Waals surface area contributed by atoms with Gasteiger partial charge in [-0.3, -0.25) is 24.2 Å². The first-order valence-corrected chi connectivity index (χ1v) is 18.6. The SMILES string of the molecule is CC1(C)C(=O)Nc2ccc(cc2)C[C@@H](C(=O)O)NC(=O)[C@H](NS(=O)(=O)Cc2ccccc2)Cc2ccc(cc2)NC(=O)C(C)(C)N2CCN1CC2. The van der Waals surface area contributed by atoms with Gasteiger partial charge in [-0.05, 0) is 75.1 Å². The summed E-state index contributed by atoms with van der Waals surface area (Å²) in [6.45, 7) is 9.70. The smallest absolute Gasteiger partial charge is 0.326 e. The molecule has 3 aromatic rings. The van der Waals surface area contributed by atoms with Gasteiger partial charge in [0.2, 0.25) is 27.7 Å². The summed E-state index contributed by atoms with van der Waals surface area (Å²) in [5.41, 5.74) is 1.02. The van der Waals surface area contributed by atoms with Gasteiger partial charge in [0.25, 0.3) is 0 Å². The Morgan fingerprint density at radius 3 is 1.65 bits per heavy atom. The van der Waals surface area contributed by atoms with Gasteiger partial charge in [-0.1, -0.05) is 54.6 Å². The van der Waals surface area contributed by atoms with Crippen LogP contribution in [0.3, 0.4) is 0 Å². The largest absolute Gasteiger partial charge is 0.480 e. The fourth-order valence-corrected chi connectivity index (χ4v) is 7.65. The van der Waals surface area contributed by atoms with Gasteiger partial charge in [0, 0.05) is 44.0 Å². The molecule has 2 atom stereocenters. The van der Waals surface area contributed by atoms with Gasteiger partial charge >= 0.3 is 5.97 Å². The molecule has 3 amide bonds. The third-order valence-electron chi connectivity index (χ3n) is 9.73. The molecule has 0 unspecified atom stereocenters. The normalized spacial score (nSPS) is 24.2. The topological polar surface area (TPSA) is 177 Å². The van der Waals surface area contributed by atoms with E-state index >= 15 is 0 Å². The van der Waals surface area contributed by atoms with Crippen molar-refractivity contribution in [2.24, 2.45) is 0 Å². The summed E-state index contributed by atoms with van der Waals surface area (Å²) in [7, 11) is -4.04. The molecular formula is C37H46N6O7S. The van der Waals surface area contributed by atoms with Gasteiger partial charge < -0.3 is 21.1 Å². The number of hydrogen-bond donors (Lipinski definition) is 5. The van der Waals surface area contributed by atoms with Crippen LogP contribution in [0.5, 0.6) is 0 Å². The minimum absolute atomic E-state index is 0.0824. The first kappa shape index (κ1) is 37.6. The molecule has 0 aromatic heterocycles. The second kappa shape index (κ2) is 15.3. The van der Waals surface area contributed by atoms with Gasteiger partial charge in [-0.25, -0.2) is 17.9 Å². The van der Waals surface area contributed by atoms with Crippen molar-refractivity contribution in [1.29, 1.82) is 0 Å². The molecule has 6 aliphatic rings. The molecule has 0 saturated carbocycles. The Balaban J connectivity index is 1.45. The minimum atomic E-state index is -4.04. The van der Waals surface area contributed by atoms with E-state index in [1.54, 1.807) is 78.9 Å². The number of piperazine rings is 1. The van der Waals surface area contributed by atoms with E-state index in [-0.39, 0.29) is 30.4 Å². The van der Waals surface area contributed by atoms with E-state index in [1.807, 2.05) is 27.7 Å². The van der Waals surface area contributed by atoms with Crippen molar-refractivity contribution >= 4 is 45.1 Å². The molecular weight excluding hydrogens is 673 g/mol. The quantitative estimate of drug-likeness (QED) is 0.266. The second-order valence-electron chi connectivity index (χ2n) is 14.1. The molecule has 0 aliphatic carbocycles. The minimum Gasteiger partial charge on any atom is -0.480 e. The standard InChI is InChI=1S/C37H46N6O7S/c1-36(2)34(47)38-28-14-10-25(11-15-28)22-30(41-51(49,50)24-27-8-6-5-7-9-27)32(44)40-31(33(45)46)23-26-12-16-29(17-13-26)39-35(48)37(3,4)43-20-18-42(36)19-21-43/h5-17,30-31,41H,18-24H2,1-4H3,(H,38,47)(H,39,48)(H,40,44)(H,45,46)/t30-,31+/m1/s1. The molecule has 13 nitrogen and oxygen atoms in total. The number of carbonyl (C=O) groups is 4. The number of sulfonamides is 1. The van der Waals surface area contributed by atoms with Gasteiger partial charge in [0.1, 0.15) is 12.1 Å². The van der Waals surface area contributed by atoms with E-state index in [1.165, 1.54) is 0 Å². The van der Waals surface area contributed by atoms with Crippen molar-refractivity contribution in [3.8, 4) is 0 Å². The molecule has 272 valence electrons. The Hall–Kier alpha value is -4.63. The highest BCUT2D eigenvalue weighted by Gasteiger charge is 2.41. The highest BCUT2D eigenvalue weighted by Crippen LogP contribution is 2.25. The molecule has 6 aliphatic heterocycles. The van der Waals surface area contributed by atoms with Crippen molar-refractivity contribution in [2.45, 2.75) is 69.5 Å². The number of benzene rings is 3. The Kier molecular flexibility index (Phi) is 11.3. The van der Waals surface area contributed by atoms with Gasteiger partial charge in [-0.2, -0.15) is 0 Å². The highest BCUT2D eigenvalue weighted by molar-refractivity contribution is 7.88. The van der Waals surface area contributed by atoms with Gasteiger partial charge in [-0.15, -0.1) is 0 Å². The van der Waals surface area contributed by atoms with Gasteiger partial charge in [0.15, 0.2) is 0 Å². The maximum Gasteiger partial charge on any atom is 0.326 e. The molecule has 14 heteroatoms. The highest BCUT2D eigenvalue weighted by atomic mass is 32.2. The summed E-state index contributed by atoms with van der Waals surface area (Å²) in [4.78, 5) is 57.2. The second-order valence-corrected chi connectivity index (χ2v) is 15.9. The number of rotatable bonds is 5. The van der Waals surface area contributed by atoms with Crippen LogP contribution in [-0.2, 0) is 47.8 Å². The van der Waals surface area contributed by atoms with Crippen LogP contribution in [0.25, 0.3) is 0 Å². The number of aliphatic carboxylic acids is 1. The summed E-state index contributed by atoms with van der Waals surface area (Å²) in [6.07, 6.45) is -0.166. The van der Waals surface area contributed by atoms with Crippen molar-refractivity contribution in [3.05, 3.63) is 95.6 Å². The number of anilines is 2. The Morgan fingerprint density at radius 1 is 0.745 bits per heavy atom. The summed E-state index contributed by atoms with van der Waals surface area (Å²) in [6, 6.07) is 19.2. The molecule has 0 radical (unpaired) electrons. The number of amides is 3. The molecule has 0 spiro atoms. The van der Waals surface area contributed by atoms with E-state index in [4.69, 9.17) is 0 Å². The van der Waals surface area contributed by atoms with E-state index in [9.17, 15) is 32.7 Å². The molecule has 6 bridgehead atoms. The Bertz CT molecular complexity index is 1840. The average molecular weight is 719 g/mol. The molecule has 51 heavy (non-hydrogen) atoms. The number of nitrogens with zero attached hydrogens (tertiary/aromatic N) is 2. The van der Waals surface area contributed by atoms with Crippen molar-refractivity contribution < 1.29 is 32.7 Å². The Labute approximate surface area is 298 Å². The fraction of sp³-hybridized carbons (Fsp3) is 0.405. The first-order chi connectivity index (χ1) is 24.0. The number of carboxylic acid groups (broad SMARTS) is 1. The summed E-state index contributed by atoms with van der Waals surface area (Å²) in [5, 5.41) is 18.5. The number of hydrogen-bond acceptors (Lipinski definition) is 8. The molecule has 1 fully saturated rings. The van der Waals surface area contributed by atoms with Crippen molar-refractivity contribution in [3.63, 3.8) is 0 Å². The van der Waals surface area contributed by atoms with Crippen LogP contribution in [0, 0.1) is 0 Å². The van der Waals surface area contributed by atoms with E-state index < -0.39 is 45.1 Å². The van der Waals surface area contributed by atoms with Crippen LogP contribution in [0.15, 0.2) is 78.9 Å². The number of carbonyl (C=O) groups excluding carboxylic acids is 3. The molecule has 9 rings (SSSR count). The van der Waals surface area contributed by atoms with Crippen LogP contribution in [0.2, 0.25) is 0 Å². The van der Waals surface area contributed by atoms with Crippen LogP contribution in [0.4, 0.5) is 11.4 Å². The average Bonchev–Trinajstić information content (AvgIpc) is 3.09. The van der Waals surface area contributed by atoms with Crippen LogP contribution in [0.1, 0.15) is 44.4 Å². The number of nitrogens with one attached hydrogen (secondary N) is 4. The van der Waals surface area contributed by atoms with Crippen LogP contribution in [-0.4, -0.2) is 96.4 Å². The lowest BCUT2D eigenvalue weighted by molar-refractivity contribution is -0.142. The fourth-order valence-electron chi connectivity index (χ4n) is 6.31. The predicted molar refractivity (Wildman–Crippen MR) is 194 cm³/mol. The summed E-state index contributed by atoms with van der Waals surface area (Å²) in [5.74, 6) is -2.91. The van der Waals surface area contributed by atoms with Crippen LogP contribution < -0.4 is 20.7 Å². The van der Waals surface area contributed by atoms with Gasteiger partial charge in [0.05, 0.1) is 16.8 Å². The lowest BCUT2D eigenvalue weighted by Gasteiger charge is -2.47. The monoisotopic (exact) mass is 718 g/mol. The summed E-state index contributed by atoms with van der Waals surface area (Å²) < 4.78 is 29.0. The van der Waals surface area contributed by atoms with E-state index in [0.29, 0.717) is 54.2 Å². The lowest BCUT2D eigenvalue weighted by Crippen LogP contribution is -2.64. The molecule has 6 heterocycles. The van der Waals surface area contributed by atoms with E-state index in [2.05, 4.69) is 30.5 Å². The summed E-state index contributed by atoms with van der Waals surface area (Å²) >= 11 is 0. The third-order valence-corrected chi connectivity index (χ3v) is 11.1. The maximum atomic E-state index is 13.7. The number of fused-ring (bicyclic) bond motifs is 1. The van der Waals surface area contributed by atoms with Crippen molar-refractivity contribution in [1.82, 2.24) is 19.8 Å². The third kappa shape index (κ3) is 9.38. The first-order valence-electron chi connectivity index (χ1n) is 16.9. The zero-order chi connectivity index (χ0) is 37.0. The molecule has 5 N–H and O–H groups in total. The van der Waals surface area contributed by atoms with E-state index in [0.717, 1.165) is 0 Å². The molecule has 1 saturated heterocycles. The maximum absolute atomic E-state index is 13.7. The molecule has 3 aromatic carbocycles. The number of carboxylic acids is 1. The zero-order valence-corrected chi connectivity index (χ0v) is 30.1. The predicted octanol–water partition coefficient (Wildman–Crippen LogP) is 2.59.